The van der Waals surface area contributed by atoms with Gasteiger partial charge in [0.15, 0.2) is 0 Å². The van der Waals surface area contributed by atoms with Crippen LogP contribution in [-0.2, 0) is 4.74 Å². The Morgan fingerprint density at radius 1 is 1.08 bits per heavy atom. The normalized spacial score (nSPS) is 11.8. The number of benzene rings is 2. The molecule has 1 atom stereocenters. The van der Waals surface area contributed by atoms with Gasteiger partial charge in [-0.2, -0.15) is 0 Å². The van der Waals surface area contributed by atoms with E-state index in [1.807, 2.05) is 49.4 Å². The zero-order valence-corrected chi connectivity index (χ0v) is 14.4. The van der Waals surface area contributed by atoms with Crippen LogP contribution in [0.25, 0.3) is 10.8 Å². The summed E-state index contributed by atoms with van der Waals surface area (Å²) in [6.07, 6.45) is 0.912. The lowest BCUT2D eigenvalue weighted by atomic mass is 10.1. The van der Waals surface area contributed by atoms with E-state index in [2.05, 4.69) is 4.74 Å². The third-order valence-corrected chi connectivity index (χ3v) is 3.76. The Morgan fingerprint density at radius 3 is 2.54 bits per heavy atom. The summed E-state index contributed by atoms with van der Waals surface area (Å²) in [6, 6.07) is 14.7. The first-order valence-corrected chi connectivity index (χ1v) is 8.14. The molecule has 0 bridgehead atoms. The number of carbonyl (C=O) groups is 1. The second-order valence-corrected chi connectivity index (χ2v) is 5.55. The molecule has 0 fully saturated rings. The summed E-state index contributed by atoms with van der Waals surface area (Å²) >= 11 is 0. The van der Waals surface area contributed by atoms with Gasteiger partial charge in [-0.1, -0.05) is 37.3 Å². The maximum Gasteiger partial charge on any atom is 0.374 e. The fourth-order valence-electron chi connectivity index (χ4n) is 2.42. The molecule has 0 aliphatic carbocycles. The summed E-state index contributed by atoms with van der Waals surface area (Å²) < 4.78 is 21.0. The lowest BCUT2D eigenvalue weighted by Crippen LogP contribution is -2.25. The van der Waals surface area contributed by atoms with Gasteiger partial charge in [0.25, 0.3) is 0 Å². The Kier molecular flexibility index (Phi) is 5.22. The summed E-state index contributed by atoms with van der Waals surface area (Å²) in [5, 5.41) is 2.15. The largest absolute Gasteiger partial charge is 0.463 e. The van der Waals surface area contributed by atoms with Gasteiger partial charge in [0.05, 0.1) is 7.11 Å². The van der Waals surface area contributed by atoms with Gasteiger partial charge >= 0.3 is 5.97 Å². The summed E-state index contributed by atoms with van der Waals surface area (Å²) in [5.41, 5.74) is -0.489. The van der Waals surface area contributed by atoms with Crippen LogP contribution in [0, 0.1) is 0 Å². The maximum absolute atomic E-state index is 12.1. The summed E-state index contributed by atoms with van der Waals surface area (Å²) in [7, 11) is 1.21. The number of hydrogen-bond acceptors (Lipinski definition) is 6. The molecule has 0 spiro atoms. The van der Waals surface area contributed by atoms with E-state index in [9.17, 15) is 9.59 Å². The highest BCUT2D eigenvalue weighted by Gasteiger charge is 2.16. The van der Waals surface area contributed by atoms with E-state index in [1.54, 1.807) is 0 Å². The topological polar surface area (TPSA) is 75.0 Å². The highest BCUT2D eigenvalue weighted by atomic mass is 16.7. The quantitative estimate of drug-likeness (QED) is 0.495. The minimum absolute atomic E-state index is 0.0368. The van der Waals surface area contributed by atoms with Gasteiger partial charge in [0, 0.05) is 12.5 Å². The number of hydrogen-bond donors (Lipinski definition) is 0. The van der Waals surface area contributed by atoms with Gasteiger partial charge in [0.1, 0.15) is 12.0 Å². The monoisotopic (exact) mass is 354 g/mol. The predicted molar refractivity (Wildman–Crippen MR) is 95.6 cm³/mol. The summed E-state index contributed by atoms with van der Waals surface area (Å²) in [4.78, 5) is 23.5. The Morgan fingerprint density at radius 2 is 1.85 bits per heavy atom. The van der Waals surface area contributed by atoms with Crippen molar-refractivity contribution in [1.82, 2.24) is 0 Å². The van der Waals surface area contributed by atoms with Crippen LogP contribution in [0.2, 0.25) is 0 Å². The maximum atomic E-state index is 12.1. The summed E-state index contributed by atoms with van der Waals surface area (Å²) in [6.45, 7) is 1.87. The molecule has 0 aliphatic rings. The van der Waals surface area contributed by atoms with Gasteiger partial charge < -0.3 is 18.6 Å². The van der Waals surface area contributed by atoms with Crippen LogP contribution >= 0.6 is 0 Å². The van der Waals surface area contributed by atoms with Crippen LogP contribution in [0.3, 0.4) is 0 Å². The van der Waals surface area contributed by atoms with Crippen molar-refractivity contribution in [3.63, 3.8) is 0 Å². The molecule has 6 nitrogen and oxygen atoms in total. The molecule has 6 heteroatoms. The molecule has 0 saturated carbocycles. The SMILES string of the molecule is CCC(Oc1ccc2ccccc2c1)Oc1coc(C(=O)OC)cc1=O. The molecule has 134 valence electrons. The molecule has 3 aromatic rings. The van der Waals surface area contributed by atoms with Gasteiger partial charge in [-0.15, -0.1) is 0 Å². The van der Waals surface area contributed by atoms with E-state index >= 15 is 0 Å². The average molecular weight is 354 g/mol. The second-order valence-electron chi connectivity index (χ2n) is 5.55. The molecule has 1 aromatic heterocycles. The highest BCUT2D eigenvalue weighted by Crippen LogP contribution is 2.22. The van der Waals surface area contributed by atoms with Crippen LogP contribution in [-0.4, -0.2) is 19.4 Å². The Balaban J connectivity index is 1.76. The van der Waals surface area contributed by atoms with Crippen molar-refractivity contribution in [3.05, 3.63) is 70.8 Å². The van der Waals surface area contributed by atoms with Crippen molar-refractivity contribution in [2.75, 3.05) is 7.11 Å². The number of fused-ring (bicyclic) bond motifs is 1. The molecule has 1 heterocycles. The molecule has 0 radical (unpaired) electrons. The van der Waals surface area contributed by atoms with Crippen LogP contribution in [0.15, 0.2) is 64.0 Å². The zero-order chi connectivity index (χ0) is 18.5. The number of methoxy groups -OCH3 is 1. The van der Waals surface area contributed by atoms with Crippen LogP contribution in [0.1, 0.15) is 23.9 Å². The zero-order valence-electron chi connectivity index (χ0n) is 14.4. The molecule has 3 rings (SSSR count). The van der Waals surface area contributed by atoms with Crippen LogP contribution < -0.4 is 14.9 Å². The Labute approximate surface area is 149 Å². The van der Waals surface area contributed by atoms with Crippen molar-refractivity contribution in [2.45, 2.75) is 19.6 Å². The first kappa shape index (κ1) is 17.5. The number of ether oxygens (including phenoxy) is 3. The predicted octanol–water partition coefficient (Wildman–Crippen LogP) is 3.77. The van der Waals surface area contributed by atoms with Gasteiger partial charge in [-0.25, -0.2) is 4.79 Å². The van der Waals surface area contributed by atoms with E-state index in [4.69, 9.17) is 13.9 Å². The molecule has 0 aliphatic heterocycles. The first-order valence-electron chi connectivity index (χ1n) is 8.14. The van der Waals surface area contributed by atoms with Gasteiger partial charge in [-0.3, -0.25) is 4.79 Å². The van der Waals surface area contributed by atoms with E-state index < -0.39 is 17.7 Å². The summed E-state index contributed by atoms with van der Waals surface area (Å²) in [5.74, 6) is -0.321. The molecule has 0 N–H and O–H groups in total. The van der Waals surface area contributed by atoms with Crippen LogP contribution in [0.5, 0.6) is 11.5 Å². The van der Waals surface area contributed by atoms with E-state index in [0.717, 1.165) is 23.1 Å². The first-order chi connectivity index (χ1) is 12.6. The lowest BCUT2D eigenvalue weighted by molar-refractivity contribution is 0.000957. The number of carbonyl (C=O) groups excluding carboxylic acids is 1. The third-order valence-electron chi connectivity index (χ3n) is 3.76. The van der Waals surface area contributed by atoms with E-state index in [-0.39, 0.29) is 11.5 Å². The van der Waals surface area contributed by atoms with Crippen molar-refractivity contribution in [2.24, 2.45) is 0 Å². The molecule has 2 aromatic carbocycles. The molecule has 0 amide bonds. The minimum Gasteiger partial charge on any atom is -0.463 e. The lowest BCUT2D eigenvalue weighted by Gasteiger charge is -2.18. The molecule has 0 saturated heterocycles. The molecular formula is C20H18O6. The number of rotatable bonds is 6. The van der Waals surface area contributed by atoms with Gasteiger partial charge in [0.2, 0.25) is 23.2 Å². The fraction of sp³-hybridized carbons (Fsp3) is 0.200. The van der Waals surface area contributed by atoms with Crippen molar-refractivity contribution in [3.8, 4) is 11.5 Å². The third kappa shape index (κ3) is 3.85. The van der Waals surface area contributed by atoms with E-state index in [1.165, 1.54) is 7.11 Å². The van der Waals surface area contributed by atoms with E-state index in [0.29, 0.717) is 12.2 Å². The average Bonchev–Trinajstić information content (AvgIpc) is 2.68. The molecule has 26 heavy (non-hydrogen) atoms. The minimum atomic E-state index is -0.729. The van der Waals surface area contributed by atoms with Crippen LogP contribution in [0.4, 0.5) is 0 Å². The van der Waals surface area contributed by atoms with Crippen molar-refractivity contribution in [1.29, 1.82) is 0 Å². The fourth-order valence-corrected chi connectivity index (χ4v) is 2.42. The van der Waals surface area contributed by atoms with Crippen molar-refractivity contribution >= 4 is 16.7 Å². The Hall–Kier alpha value is -3.28. The second kappa shape index (κ2) is 7.74. The number of esters is 1. The standard InChI is InChI=1S/C20H18O6/c1-3-19(25-15-9-8-13-6-4-5-7-14(13)10-15)26-18-12-24-17(11-16(18)21)20(22)23-2/h4-12,19H,3H2,1-2H3. The highest BCUT2D eigenvalue weighted by molar-refractivity contribution is 5.86. The van der Waals surface area contributed by atoms with Gasteiger partial charge in [-0.05, 0) is 22.9 Å². The molecule has 1 unspecified atom stereocenters. The Bertz CT molecular complexity index is 975. The smallest absolute Gasteiger partial charge is 0.374 e. The van der Waals surface area contributed by atoms with Crippen molar-refractivity contribution < 1.29 is 23.4 Å². The molecular weight excluding hydrogens is 336 g/mol.